The van der Waals surface area contributed by atoms with Gasteiger partial charge in [0.2, 0.25) is 0 Å². The van der Waals surface area contributed by atoms with Gasteiger partial charge in [0.05, 0.1) is 5.56 Å². The first-order valence-corrected chi connectivity index (χ1v) is 5.02. The van der Waals surface area contributed by atoms with E-state index in [0.29, 0.717) is 6.07 Å². The lowest BCUT2D eigenvalue weighted by Gasteiger charge is -2.13. The fourth-order valence-electron chi connectivity index (χ4n) is 1.28. The second kappa shape index (κ2) is 5.07. The molecule has 0 aliphatic heterocycles. The van der Waals surface area contributed by atoms with E-state index in [1.165, 1.54) is 6.07 Å². The highest BCUT2D eigenvalue weighted by Crippen LogP contribution is 2.33. The average Bonchev–Trinajstić information content (AvgIpc) is 2.24. The molecule has 0 spiro atoms. The van der Waals surface area contributed by atoms with Crippen LogP contribution in [-0.4, -0.2) is 12.8 Å². The minimum absolute atomic E-state index is 0.266. The summed E-state index contributed by atoms with van der Waals surface area (Å²) in [5.74, 6) is -0.431. The third-order valence-corrected chi connectivity index (χ3v) is 2.10. The van der Waals surface area contributed by atoms with E-state index in [4.69, 9.17) is 0 Å². The third-order valence-electron chi connectivity index (χ3n) is 2.10. The Morgan fingerprint density at radius 2 is 1.61 bits per heavy atom. The third kappa shape index (κ3) is 4.46. The molecule has 0 amide bonds. The fraction of sp³-hybridized carbons (Fsp3) is 0.455. The van der Waals surface area contributed by atoms with Crippen LogP contribution in [0.3, 0.4) is 0 Å². The Morgan fingerprint density at radius 3 is 2.06 bits per heavy atom. The maximum Gasteiger partial charge on any atom is 0.422 e. The van der Waals surface area contributed by atoms with Crippen LogP contribution in [0.4, 0.5) is 26.3 Å². The van der Waals surface area contributed by atoms with Gasteiger partial charge in [-0.2, -0.15) is 26.3 Å². The molecule has 0 atom stereocenters. The zero-order chi connectivity index (χ0) is 14.0. The van der Waals surface area contributed by atoms with Crippen LogP contribution in [0.5, 0.6) is 5.75 Å². The predicted octanol–water partition coefficient (Wildman–Crippen LogP) is 4.21. The summed E-state index contributed by atoms with van der Waals surface area (Å²) in [5.41, 5.74) is -0.749. The van der Waals surface area contributed by atoms with Crippen LogP contribution in [0, 0.1) is 0 Å². The van der Waals surface area contributed by atoms with Gasteiger partial charge >= 0.3 is 12.4 Å². The maximum atomic E-state index is 12.5. The Labute approximate surface area is 99.4 Å². The van der Waals surface area contributed by atoms with Crippen LogP contribution in [0.15, 0.2) is 18.2 Å². The molecule has 0 aromatic heterocycles. The highest BCUT2D eigenvalue weighted by molar-refractivity contribution is 5.36. The van der Waals surface area contributed by atoms with Crippen molar-refractivity contribution in [3.05, 3.63) is 29.3 Å². The lowest BCUT2D eigenvalue weighted by molar-refractivity contribution is -0.153. The molecule has 102 valence electrons. The van der Waals surface area contributed by atoms with E-state index in [2.05, 4.69) is 4.74 Å². The van der Waals surface area contributed by atoms with E-state index >= 15 is 0 Å². The van der Waals surface area contributed by atoms with E-state index in [-0.39, 0.29) is 12.0 Å². The summed E-state index contributed by atoms with van der Waals surface area (Å²) in [5, 5.41) is 0. The molecule has 7 heteroatoms. The Bertz CT molecular complexity index is 407. The maximum absolute atomic E-state index is 12.5. The first-order chi connectivity index (χ1) is 8.12. The van der Waals surface area contributed by atoms with Crippen molar-refractivity contribution in [2.75, 3.05) is 6.61 Å². The summed E-state index contributed by atoms with van der Waals surface area (Å²) in [4.78, 5) is 0. The van der Waals surface area contributed by atoms with Crippen molar-refractivity contribution in [1.82, 2.24) is 0 Å². The first kappa shape index (κ1) is 14.7. The van der Waals surface area contributed by atoms with Gasteiger partial charge in [0, 0.05) is 0 Å². The van der Waals surface area contributed by atoms with E-state index in [1.807, 2.05) is 0 Å². The van der Waals surface area contributed by atoms with Crippen LogP contribution in [0.25, 0.3) is 0 Å². The molecule has 0 N–H and O–H groups in total. The molecule has 1 aromatic carbocycles. The van der Waals surface area contributed by atoms with Gasteiger partial charge in [-0.15, -0.1) is 0 Å². The summed E-state index contributed by atoms with van der Waals surface area (Å²) in [6, 6.07) is 2.62. The molecule has 0 radical (unpaired) electrons. The Kier molecular flexibility index (Phi) is 4.13. The van der Waals surface area contributed by atoms with Crippen LogP contribution in [0.1, 0.15) is 18.1 Å². The summed E-state index contributed by atoms with van der Waals surface area (Å²) in [7, 11) is 0. The largest absolute Gasteiger partial charge is 0.484 e. The number of halogens is 6. The van der Waals surface area contributed by atoms with Gasteiger partial charge in [-0.1, -0.05) is 6.92 Å². The van der Waals surface area contributed by atoms with Gasteiger partial charge in [-0.25, -0.2) is 0 Å². The number of rotatable bonds is 3. The molecule has 1 rings (SSSR count). The van der Waals surface area contributed by atoms with Gasteiger partial charge in [-0.05, 0) is 30.2 Å². The van der Waals surface area contributed by atoms with Crippen molar-refractivity contribution in [3.63, 3.8) is 0 Å². The fourth-order valence-corrected chi connectivity index (χ4v) is 1.28. The molecule has 0 fully saturated rings. The Morgan fingerprint density at radius 1 is 1.00 bits per heavy atom. The first-order valence-electron chi connectivity index (χ1n) is 5.02. The summed E-state index contributed by atoms with van der Waals surface area (Å²) in [6.07, 6.45) is -8.92. The Balaban J connectivity index is 2.98. The molecule has 0 saturated carbocycles. The quantitative estimate of drug-likeness (QED) is 0.749. The molecular formula is C11H10F6O. The minimum atomic E-state index is -4.61. The number of aryl methyl sites for hydroxylation is 1. The molecule has 1 nitrogen and oxygen atoms in total. The average molecular weight is 272 g/mol. The van der Waals surface area contributed by atoms with Gasteiger partial charge in [0.25, 0.3) is 0 Å². The van der Waals surface area contributed by atoms with Crippen molar-refractivity contribution < 1.29 is 31.1 Å². The molecule has 0 unspecified atom stereocenters. The van der Waals surface area contributed by atoms with E-state index in [0.717, 1.165) is 6.07 Å². The molecule has 18 heavy (non-hydrogen) atoms. The van der Waals surface area contributed by atoms with E-state index in [1.54, 1.807) is 6.92 Å². The summed E-state index contributed by atoms with van der Waals surface area (Å²) < 4.78 is 77.5. The second-order valence-electron chi connectivity index (χ2n) is 3.62. The van der Waals surface area contributed by atoms with Crippen LogP contribution in [0.2, 0.25) is 0 Å². The van der Waals surface area contributed by atoms with Gasteiger partial charge < -0.3 is 4.74 Å². The van der Waals surface area contributed by atoms with Crippen molar-refractivity contribution in [3.8, 4) is 5.75 Å². The highest BCUT2D eigenvalue weighted by atomic mass is 19.4. The smallest absolute Gasteiger partial charge is 0.422 e. The van der Waals surface area contributed by atoms with Crippen LogP contribution < -0.4 is 4.74 Å². The monoisotopic (exact) mass is 272 g/mol. The number of alkyl halides is 6. The molecule has 0 aliphatic carbocycles. The molecule has 0 aliphatic rings. The van der Waals surface area contributed by atoms with Crippen molar-refractivity contribution in [1.29, 1.82) is 0 Å². The zero-order valence-electron chi connectivity index (χ0n) is 9.32. The normalized spacial score (nSPS) is 12.6. The minimum Gasteiger partial charge on any atom is -0.484 e. The second-order valence-corrected chi connectivity index (χ2v) is 3.62. The lowest BCUT2D eigenvalue weighted by Crippen LogP contribution is -2.19. The van der Waals surface area contributed by atoms with Gasteiger partial charge in [0.15, 0.2) is 6.61 Å². The lowest BCUT2D eigenvalue weighted by atomic mass is 10.1. The van der Waals surface area contributed by atoms with Crippen LogP contribution in [-0.2, 0) is 12.6 Å². The van der Waals surface area contributed by atoms with Crippen molar-refractivity contribution in [2.45, 2.75) is 25.7 Å². The topological polar surface area (TPSA) is 9.23 Å². The SMILES string of the molecule is CCc1cc(OCC(F)(F)F)cc(C(F)(F)F)c1. The zero-order valence-corrected chi connectivity index (χ0v) is 9.32. The molecule has 0 bridgehead atoms. The molecule has 0 saturated heterocycles. The number of benzene rings is 1. The van der Waals surface area contributed by atoms with Crippen LogP contribution >= 0.6 is 0 Å². The van der Waals surface area contributed by atoms with Crippen molar-refractivity contribution in [2.24, 2.45) is 0 Å². The standard InChI is InChI=1S/C11H10F6O/c1-2-7-3-8(11(15,16)17)5-9(4-7)18-6-10(12,13)14/h3-5H,2,6H2,1H3. The summed E-state index contributed by atoms with van der Waals surface area (Å²) in [6.45, 7) is -0.0134. The molecule has 1 aromatic rings. The summed E-state index contributed by atoms with van der Waals surface area (Å²) >= 11 is 0. The van der Waals surface area contributed by atoms with Gasteiger partial charge in [0.1, 0.15) is 5.75 Å². The van der Waals surface area contributed by atoms with Crippen molar-refractivity contribution >= 4 is 0 Å². The number of hydrogen-bond acceptors (Lipinski definition) is 1. The predicted molar refractivity (Wildman–Crippen MR) is 52.4 cm³/mol. The number of hydrogen-bond donors (Lipinski definition) is 0. The van der Waals surface area contributed by atoms with Gasteiger partial charge in [-0.3, -0.25) is 0 Å². The number of ether oxygens (including phenoxy) is 1. The highest BCUT2D eigenvalue weighted by Gasteiger charge is 2.32. The Hall–Kier alpha value is -1.40. The molecule has 0 heterocycles. The van der Waals surface area contributed by atoms with E-state index < -0.39 is 30.3 Å². The molecular weight excluding hydrogens is 262 g/mol. The van der Waals surface area contributed by atoms with E-state index in [9.17, 15) is 26.3 Å².